The van der Waals surface area contributed by atoms with Crippen LogP contribution in [0.3, 0.4) is 0 Å². The first-order chi connectivity index (χ1) is 15.1. The zero-order chi connectivity index (χ0) is 21.8. The second-order valence-electron chi connectivity index (χ2n) is 7.27. The monoisotopic (exact) mass is 415 g/mol. The molecule has 1 aromatic carbocycles. The molecule has 1 atom stereocenters. The maximum absolute atomic E-state index is 12.6. The van der Waals surface area contributed by atoms with Crippen LogP contribution in [-0.4, -0.2) is 34.1 Å². The lowest BCUT2D eigenvalue weighted by atomic mass is 10.1. The maximum atomic E-state index is 12.6. The summed E-state index contributed by atoms with van der Waals surface area (Å²) in [5.41, 5.74) is 3.58. The second-order valence-corrected chi connectivity index (χ2v) is 7.27. The van der Waals surface area contributed by atoms with Gasteiger partial charge in [0.2, 0.25) is 5.95 Å². The van der Waals surface area contributed by atoms with Crippen LogP contribution in [-0.2, 0) is 0 Å². The molecule has 8 heteroatoms. The third-order valence-electron chi connectivity index (χ3n) is 5.17. The molecule has 0 saturated heterocycles. The molecule has 0 bridgehead atoms. The number of para-hydroxylation sites is 2. The van der Waals surface area contributed by atoms with Gasteiger partial charge in [0.25, 0.3) is 0 Å². The van der Waals surface area contributed by atoms with Gasteiger partial charge in [-0.15, -0.1) is 0 Å². The number of pyridine rings is 1. The van der Waals surface area contributed by atoms with Gasteiger partial charge in [-0.1, -0.05) is 44.9 Å². The van der Waals surface area contributed by atoms with Crippen molar-refractivity contribution in [1.82, 2.24) is 34.1 Å². The van der Waals surface area contributed by atoms with Gasteiger partial charge >= 0.3 is 5.69 Å². The number of unbranched alkanes of at least 4 members (excludes halogenated alkanes) is 1. The van der Waals surface area contributed by atoms with Crippen molar-refractivity contribution in [2.75, 3.05) is 0 Å². The minimum atomic E-state index is -0.233. The van der Waals surface area contributed by atoms with Crippen molar-refractivity contribution in [3.63, 3.8) is 0 Å². The number of nitrogens with zero attached hydrogens (tertiary/aromatic N) is 6. The molecule has 8 nitrogen and oxygen atoms in total. The molecule has 0 radical (unpaired) electrons. The molecule has 5 rings (SSSR count). The number of hydrogen-bond donors (Lipinski definition) is 1. The maximum Gasteiger partial charge on any atom is 0.328 e. The van der Waals surface area contributed by atoms with Crippen molar-refractivity contribution in [3.8, 4) is 5.95 Å². The number of nitrogens with one attached hydrogen (secondary N) is 1. The Morgan fingerprint density at radius 3 is 2.58 bits per heavy atom. The summed E-state index contributed by atoms with van der Waals surface area (Å²) >= 11 is 0. The Morgan fingerprint density at radius 1 is 1.03 bits per heavy atom. The van der Waals surface area contributed by atoms with E-state index in [0.717, 1.165) is 16.6 Å². The topological polar surface area (TPSA) is 94.3 Å². The minimum Gasteiger partial charge on any atom is -0.303 e. The Hall–Kier alpha value is -3.81. The number of aromatic nitrogens is 7. The summed E-state index contributed by atoms with van der Waals surface area (Å²) < 4.78 is 3.43. The van der Waals surface area contributed by atoms with E-state index in [-0.39, 0.29) is 11.7 Å². The quantitative estimate of drug-likeness (QED) is 0.473. The van der Waals surface area contributed by atoms with E-state index >= 15 is 0 Å². The molecule has 0 aliphatic heterocycles. The number of hydrogen-bond acceptors (Lipinski definition) is 5. The van der Waals surface area contributed by atoms with Gasteiger partial charge in [0, 0.05) is 12.4 Å². The average molecular weight is 416 g/mol. The molecule has 5 aromatic rings. The van der Waals surface area contributed by atoms with Gasteiger partial charge in [-0.3, -0.25) is 14.1 Å². The number of benzene rings is 1. The normalized spacial score (nSPS) is 12.0. The molecule has 0 aliphatic carbocycles. The van der Waals surface area contributed by atoms with E-state index in [4.69, 9.17) is 0 Å². The Labute approximate surface area is 179 Å². The van der Waals surface area contributed by atoms with Crippen LogP contribution in [0.15, 0.2) is 66.1 Å². The summed E-state index contributed by atoms with van der Waals surface area (Å²) in [7, 11) is 0. The molecular weight excluding hydrogens is 390 g/mol. The van der Waals surface area contributed by atoms with Crippen LogP contribution in [0.25, 0.3) is 28.1 Å². The summed E-state index contributed by atoms with van der Waals surface area (Å²) in [6.45, 7) is 6.31. The molecule has 0 aliphatic rings. The average Bonchev–Trinajstić information content (AvgIpc) is 3.39. The third-order valence-corrected chi connectivity index (χ3v) is 5.17. The van der Waals surface area contributed by atoms with E-state index in [1.807, 2.05) is 47.9 Å². The number of aromatic amines is 1. The van der Waals surface area contributed by atoms with Gasteiger partial charge in [0.05, 0.1) is 23.3 Å². The van der Waals surface area contributed by atoms with Gasteiger partial charge in [0.15, 0.2) is 5.65 Å². The molecule has 0 saturated carbocycles. The first kappa shape index (κ1) is 20.5. The Bertz CT molecular complexity index is 1350. The number of imidazole rings is 2. The van der Waals surface area contributed by atoms with Crippen molar-refractivity contribution in [1.29, 1.82) is 0 Å². The molecule has 4 heterocycles. The fraction of sp³-hybridized carbons (Fsp3) is 0.261. The minimum absolute atomic E-state index is 0.220. The summed E-state index contributed by atoms with van der Waals surface area (Å²) in [6, 6.07) is 11.3. The smallest absolute Gasteiger partial charge is 0.303 e. The van der Waals surface area contributed by atoms with Gasteiger partial charge < -0.3 is 4.98 Å². The van der Waals surface area contributed by atoms with Crippen molar-refractivity contribution in [3.05, 3.63) is 77.4 Å². The molecule has 1 N–H and O–H groups in total. The molecule has 4 aromatic heterocycles. The van der Waals surface area contributed by atoms with E-state index in [1.165, 1.54) is 12.8 Å². The summed E-state index contributed by atoms with van der Waals surface area (Å²) in [5.74, 6) is 0.460. The first-order valence-electron chi connectivity index (χ1n) is 10.4. The van der Waals surface area contributed by atoms with Gasteiger partial charge in [-0.05, 0) is 30.7 Å². The highest BCUT2D eigenvalue weighted by Gasteiger charge is 2.18. The number of H-pyrrole nitrogens is 1. The molecule has 0 fully saturated rings. The highest BCUT2D eigenvalue weighted by atomic mass is 16.1. The van der Waals surface area contributed by atoms with Crippen LogP contribution in [0.1, 0.15) is 45.2 Å². The van der Waals surface area contributed by atoms with Crippen LogP contribution in [0.4, 0.5) is 0 Å². The zero-order valence-corrected chi connectivity index (χ0v) is 17.9. The number of fused-ring (bicyclic) bond motifs is 2. The highest BCUT2D eigenvalue weighted by molar-refractivity contribution is 5.77. The van der Waals surface area contributed by atoms with Crippen LogP contribution < -0.4 is 5.69 Å². The molecular formula is C23H25N7O. The van der Waals surface area contributed by atoms with E-state index in [1.54, 1.807) is 29.5 Å². The van der Waals surface area contributed by atoms with Crippen LogP contribution in [0.2, 0.25) is 0 Å². The lowest BCUT2D eigenvalue weighted by Gasteiger charge is -2.13. The van der Waals surface area contributed by atoms with Crippen molar-refractivity contribution < 1.29 is 0 Å². The third kappa shape index (κ3) is 3.96. The Balaban J connectivity index is 0.000000535. The standard InChI is InChI=1S/C19H15N7O.C4H10/c1-12(13-5-4-8-20-9-13)26-17-15(23-19(26)27)10-21-18(24-17)25-11-22-14-6-2-3-7-16(14)25;1-3-4-2/h2-12H,1H3,(H,23,27);3-4H2,1-2H3. The molecule has 1 unspecified atom stereocenters. The predicted octanol–water partition coefficient (Wildman–Crippen LogP) is 4.27. The Kier molecular flexibility index (Phi) is 5.88. The van der Waals surface area contributed by atoms with Crippen molar-refractivity contribution in [2.24, 2.45) is 0 Å². The fourth-order valence-corrected chi connectivity index (χ4v) is 3.27. The largest absolute Gasteiger partial charge is 0.328 e. The molecule has 0 spiro atoms. The lowest BCUT2D eigenvalue weighted by Crippen LogP contribution is -2.21. The first-order valence-corrected chi connectivity index (χ1v) is 10.4. The second kappa shape index (κ2) is 8.91. The summed E-state index contributed by atoms with van der Waals surface area (Å²) in [4.78, 5) is 33.0. The van der Waals surface area contributed by atoms with Crippen LogP contribution >= 0.6 is 0 Å². The fourth-order valence-electron chi connectivity index (χ4n) is 3.27. The van der Waals surface area contributed by atoms with Gasteiger partial charge in [-0.25, -0.2) is 14.8 Å². The number of rotatable bonds is 4. The van der Waals surface area contributed by atoms with E-state index < -0.39 is 0 Å². The van der Waals surface area contributed by atoms with E-state index in [0.29, 0.717) is 17.1 Å². The SMILES string of the molecule is CC(c1cccnc1)n1c(=O)[nH]c2cnc(-n3cnc4ccccc43)nc21.CCCC. The van der Waals surface area contributed by atoms with Crippen LogP contribution in [0.5, 0.6) is 0 Å². The summed E-state index contributed by atoms with van der Waals surface area (Å²) in [6.07, 6.45) is 9.41. The molecule has 158 valence electrons. The van der Waals surface area contributed by atoms with Crippen LogP contribution in [0, 0.1) is 0 Å². The van der Waals surface area contributed by atoms with Gasteiger partial charge in [0.1, 0.15) is 11.8 Å². The zero-order valence-electron chi connectivity index (χ0n) is 17.9. The highest BCUT2D eigenvalue weighted by Crippen LogP contribution is 2.21. The van der Waals surface area contributed by atoms with E-state index in [2.05, 4.69) is 38.8 Å². The molecule has 31 heavy (non-hydrogen) atoms. The van der Waals surface area contributed by atoms with Crippen molar-refractivity contribution >= 4 is 22.2 Å². The Morgan fingerprint density at radius 2 is 1.84 bits per heavy atom. The summed E-state index contributed by atoms with van der Waals surface area (Å²) in [5, 5.41) is 0. The van der Waals surface area contributed by atoms with E-state index in [9.17, 15) is 4.79 Å². The lowest BCUT2D eigenvalue weighted by molar-refractivity contribution is 0.627. The predicted molar refractivity (Wildman–Crippen MR) is 121 cm³/mol. The van der Waals surface area contributed by atoms with Crippen molar-refractivity contribution in [2.45, 2.75) is 39.7 Å². The van der Waals surface area contributed by atoms with Gasteiger partial charge in [-0.2, -0.15) is 4.98 Å². The molecule has 0 amide bonds.